The number of aryl methyl sites for hydroxylation is 1. The summed E-state index contributed by atoms with van der Waals surface area (Å²) in [7, 11) is 0. The number of imide groups is 1. The Morgan fingerprint density at radius 2 is 1.67 bits per heavy atom. The fourth-order valence-corrected chi connectivity index (χ4v) is 4.35. The van der Waals surface area contributed by atoms with Crippen molar-refractivity contribution >= 4 is 40.6 Å². The normalized spacial score (nSPS) is 15.3. The standard InChI is InChI=1S/C23H18N2O4S/c1-14-11-17(15(2)24(14)19-10-6-7-16(12-19)22(27)28)13-20-21(26)25(23(29)30-20)18-8-4-3-5-9-18/h3-13H,1-2H3,(H,27,28)/b20-13-. The Bertz CT molecular complexity index is 1210. The molecule has 2 heterocycles. The highest BCUT2D eigenvalue weighted by molar-refractivity contribution is 8.19. The Kier molecular flexibility index (Phi) is 5.05. The lowest BCUT2D eigenvalue weighted by Gasteiger charge is -2.11. The first-order valence-corrected chi connectivity index (χ1v) is 10.0. The van der Waals surface area contributed by atoms with E-state index < -0.39 is 5.97 Å². The molecule has 0 saturated carbocycles. The minimum Gasteiger partial charge on any atom is -0.478 e. The molecule has 0 radical (unpaired) electrons. The molecule has 7 heteroatoms. The fourth-order valence-electron chi connectivity index (χ4n) is 3.52. The van der Waals surface area contributed by atoms with E-state index in [1.165, 1.54) is 4.90 Å². The van der Waals surface area contributed by atoms with E-state index in [1.807, 2.05) is 36.6 Å². The van der Waals surface area contributed by atoms with Gasteiger partial charge in [-0.05, 0) is 73.6 Å². The Labute approximate surface area is 177 Å². The number of hydrogen-bond donors (Lipinski definition) is 1. The van der Waals surface area contributed by atoms with Crippen molar-refractivity contribution in [3.05, 3.63) is 88.1 Å². The molecule has 1 aliphatic heterocycles. The van der Waals surface area contributed by atoms with Crippen LogP contribution in [0.2, 0.25) is 0 Å². The van der Waals surface area contributed by atoms with Gasteiger partial charge >= 0.3 is 5.97 Å². The number of carboxylic acids is 1. The van der Waals surface area contributed by atoms with Gasteiger partial charge in [-0.3, -0.25) is 9.59 Å². The van der Waals surface area contributed by atoms with Crippen molar-refractivity contribution in [1.29, 1.82) is 0 Å². The van der Waals surface area contributed by atoms with E-state index in [0.29, 0.717) is 10.6 Å². The smallest absolute Gasteiger partial charge is 0.335 e. The number of amides is 2. The summed E-state index contributed by atoms with van der Waals surface area (Å²) >= 11 is 0.909. The fraction of sp³-hybridized carbons (Fsp3) is 0.0870. The van der Waals surface area contributed by atoms with E-state index >= 15 is 0 Å². The molecule has 0 atom stereocenters. The molecular formula is C23H18N2O4S. The van der Waals surface area contributed by atoms with E-state index in [9.17, 15) is 19.5 Å². The Balaban J connectivity index is 1.71. The summed E-state index contributed by atoms with van der Waals surface area (Å²) < 4.78 is 1.93. The van der Waals surface area contributed by atoms with E-state index in [-0.39, 0.29) is 16.7 Å². The molecule has 150 valence electrons. The van der Waals surface area contributed by atoms with Gasteiger partial charge in [-0.2, -0.15) is 0 Å². The van der Waals surface area contributed by atoms with Crippen molar-refractivity contribution in [2.45, 2.75) is 13.8 Å². The minimum atomic E-state index is -0.992. The van der Waals surface area contributed by atoms with E-state index in [0.717, 1.165) is 34.4 Å². The van der Waals surface area contributed by atoms with Gasteiger partial charge in [0.2, 0.25) is 0 Å². The van der Waals surface area contributed by atoms with Crippen LogP contribution in [0.25, 0.3) is 11.8 Å². The second-order valence-electron chi connectivity index (χ2n) is 6.87. The number of aromatic nitrogens is 1. The van der Waals surface area contributed by atoms with Crippen LogP contribution in [-0.4, -0.2) is 26.8 Å². The summed E-state index contributed by atoms with van der Waals surface area (Å²) in [6.45, 7) is 3.81. The number of para-hydroxylation sites is 1. The summed E-state index contributed by atoms with van der Waals surface area (Å²) in [6, 6.07) is 17.4. The molecule has 1 fully saturated rings. The summed E-state index contributed by atoms with van der Waals surface area (Å²) in [5.41, 5.74) is 4.00. The zero-order valence-corrected chi connectivity index (χ0v) is 17.1. The van der Waals surface area contributed by atoms with Crippen LogP contribution in [0, 0.1) is 13.8 Å². The predicted molar refractivity (Wildman–Crippen MR) is 117 cm³/mol. The summed E-state index contributed by atoms with van der Waals surface area (Å²) in [5, 5.41) is 8.93. The molecule has 6 nitrogen and oxygen atoms in total. The molecule has 1 saturated heterocycles. The number of anilines is 1. The lowest BCUT2D eigenvalue weighted by atomic mass is 10.2. The van der Waals surface area contributed by atoms with Gasteiger partial charge in [0.05, 0.1) is 16.2 Å². The maximum atomic E-state index is 12.9. The number of nitrogens with zero attached hydrogens (tertiary/aromatic N) is 2. The van der Waals surface area contributed by atoms with Gasteiger partial charge in [0.25, 0.3) is 11.1 Å². The molecule has 4 rings (SSSR count). The molecule has 3 aromatic rings. The summed E-state index contributed by atoms with van der Waals surface area (Å²) in [6.07, 6.45) is 1.72. The number of benzene rings is 2. The average Bonchev–Trinajstić information content (AvgIpc) is 3.17. The third kappa shape index (κ3) is 3.44. The van der Waals surface area contributed by atoms with Gasteiger partial charge in [-0.25, -0.2) is 9.69 Å². The van der Waals surface area contributed by atoms with Crippen LogP contribution in [0.5, 0.6) is 0 Å². The second kappa shape index (κ2) is 7.68. The van der Waals surface area contributed by atoms with Crippen LogP contribution >= 0.6 is 11.8 Å². The zero-order chi connectivity index (χ0) is 21.4. The molecule has 30 heavy (non-hydrogen) atoms. The number of thioether (sulfide) groups is 1. The number of carbonyl (C=O) groups excluding carboxylic acids is 2. The maximum absolute atomic E-state index is 12.9. The SMILES string of the molecule is Cc1cc(/C=C2\SC(=O)N(c3ccccc3)C2=O)c(C)n1-c1cccc(C(=O)O)c1. The Hall–Kier alpha value is -3.58. The molecule has 1 N–H and O–H groups in total. The molecule has 0 aliphatic carbocycles. The second-order valence-corrected chi connectivity index (χ2v) is 7.86. The number of carbonyl (C=O) groups is 3. The molecule has 0 unspecified atom stereocenters. The van der Waals surface area contributed by atoms with E-state index in [4.69, 9.17) is 0 Å². The molecular weight excluding hydrogens is 400 g/mol. The highest BCUT2D eigenvalue weighted by Crippen LogP contribution is 2.36. The average molecular weight is 418 g/mol. The first kappa shape index (κ1) is 19.7. The highest BCUT2D eigenvalue weighted by Gasteiger charge is 2.36. The lowest BCUT2D eigenvalue weighted by Crippen LogP contribution is -2.27. The van der Waals surface area contributed by atoms with Gasteiger partial charge in [0.15, 0.2) is 0 Å². The predicted octanol–water partition coefficient (Wildman–Crippen LogP) is 5.03. The van der Waals surface area contributed by atoms with Crippen LogP contribution in [0.4, 0.5) is 10.5 Å². The van der Waals surface area contributed by atoms with Gasteiger partial charge < -0.3 is 9.67 Å². The molecule has 0 bridgehead atoms. The van der Waals surface area contributed by atoms with Crippen molar-refractivity contribution in [3.63, 3.8) is 0 Å². The third-order valence-corrected chi connectivity index (χ3v) is 5.79. The maximum Gasteiger partial charge on any atom is 0.335 e. The quantitative estimate of drug-likeness (QED) is 0.601. The van der Waals surface area contributed by atoms with Gasteiger partial charge in [-0.1, -0.05) is 24.3 Å². The zero-order valence-electron chi connectivity index (χ0n) is 16.3. The van der Waals surface area contributed by atoms with Crippen LogP contribution in [0.1, 0.15) is 27.3 Å². The number of aromatic carboxylic acids is 1. The number of carboxylic acid groups (broad SMARTS) is 1. The Morgan fingerprint density at radius 3 is 2.37 bits per heavy atom. The number of rotatable bonds is 4. The van der Waals surface area contributed by atoms with Crippen molar-refractivity contribution in [1.82, 2.24) is 4.57 Å². The number of hydrogen-bond acceptors (Lipinski definition) is 4. The summed E-state index contributed by atoms with van der Waals surface area (Å²) in [4.78, 5) is 38.1. The van der Waals surface area contributed by atoms with Crippen molar-refractivity contribution < 1.29 is 19.5 Å². The van der Waals surface area contributed by atoms with Gasteiger partial charge in [-0.15, -0.1) is 0 Å². The topological polar surface area (TPSA) is 79.6 Å². The highest BCUT2D eigenvalue weighted by atomic mass is 32.2. The molecule has 2 aromatic carbocycles. The van der Waals surface area contributed by atoms with Crippen molar-refractivity contribution in [3.8, 4) is 5.69 Å². The van der Waals surface area contributed by atoms with Gasteiger partial charge in [0.1, 0.15) is 0 Å². The molecule has 2 amide bonds. The first-order chi connectivity index (χ1) is 14.4. The largest absolute Gasteiger partial charge is 0.478 e. The molecule has 1 aliphatic rings. The van der Waals surface area contributed by atoms with Crippen molar-refractivity contribution in [2.24, 2.45) is 0 Å². The lowest BCUT2D eigenvalue weighted by molar-refractivity contribution is -0.113. The van der Waals surface area contributed by atoms with Crippen LogP contribution in [0.15, 0.2) is 65.6 Å². The molecule has 1 aromatic heterocycles. The minimum absolute atomic E-state index is 0.200. The molecule has 0 spiro atoms. The van der Waals surface area contributed by atoms with Crippen molar-refractivity contribution in [2.75, 3.05) is 4.90 Å². The van der Waals surface area contributed by atoms with E-state index in [1.54, 1.807) is 48.5 Å². The third-order valence-electron chi connectivity index (χ3n) is 4.92. The van der Waals surface area contributed by atoms with Crippen LogP contribution < -0.4 is 4.90 Å². The van der Waals surface area contributed by atoms with Crippen LogP contribution in [0.3, 0.4) is 0 Å². The van der Waals surface area contributed by atoms with E-state index in [2.05, 4.69) is 0 Å². The summed E-state index contributed by atoms with van der Waals surface area (Å²) in [5.74, 6) is -1.34. The van der Waals surface area contributed by atoms with Crippen LogP contribution in [-0.2, 0) is 4.79 Å². The monoisotopic (exact) mass is 418 g/mol. The first-order valence-electron chi connectivity index (χ1n) is 9.22. The Morgan fingerprint density at radius 1 is 0.967 bits per heavy atom. The van der Waals surface area contributed by atoms with Gasteiger partial charge in [0, 0.05) is 17.1 Å².